The summed E-state index contributed by atoms with van der Waals surface area (Å²) in [5.74, 6) is -0.687. The number of amides is 1. The number of rotatable bonds is 7. The smallest absolute Gasteiger partial charge is 0.256 e. The summed E-state index contributed by atoms with van der Waals surface area (Å²) in [5.41, 5.74) is 1.18. The van der Waals surface area contributed by atoms with E-state index in [1.54, 1.807) is 18.3 Å². The minimum absolute atomic E-state index is 0.116. The highest BCUT2D eigenvalue weighted by molar-refractivity contribution is 7.15. The van der Waals surface area contributed by atoms with E-state index in [-0.39, 0.29) is 11.3 Å². The number of carbonyl (C=O) groups excluding carboxylic acids is 1. The van der Waals surface area contributed by atoms with Crippen molar-refractivity contribution in [3.05, 3.63) is 66.1 Å². The number of hydrogen-bond acceptors (Lipinski definition) is 5. The van der Waals surface area contributed by atoms with Gasteiger partial charge in [-0.25, -0.2) is 23.1 Å². The van der Waals surface area contributed by atoms with E-state index < -0.39 is 24.7 Å². The van der Waals surface area contributed by atoms with Crippen LogP contribution in [-0.4, -0.2) is 26.9 Å². The molecule has 0 aliphatic rings. The standard InChI is InChI=1S/C22H18F3N5OS/c1-3-20(31)27-13-4-5-16(23)15(8-13)21-14-6-7-30(11-18(24)25)17(14)9-19(28-21)29-22-26-10-12(2)32-22/h3-10,18H,1,11H2,2H3,(H,27,31)(H,26,28,29). The van der Waals surface area contributed by atoms with Crippen LogP contribution in [-0.2, 0) is 11.3 Å². The Morgan fingerprint density at radius 2 is 2.12 bits per heavy atom. The van der Waals surface area contributed by atoms with Gasteiger partial charge in [0, 0.05) is 40.0 Å². The number of aryl methyl sites for hydroxylation is 1. The lowest BCUT2D eigenvalue weighted by atomic mass is 10.1. The van der Waals surface area contributed by atoms with Crippen LogP contribution in [0.15, 0.2) is 55.4 Å². The van der Waals surface area contributed by atoms with Gasteiger partial charge in [-0.15, -0.1) is 11.3 Å². The van der Waals surface area contributed by atoms with E-state index in [4.69, 9.17) is 0 Å². The molecule has 6 nitrogen and oxygen atoms in total. The highest BCUT2D eigenvalue weighted by atomic mass is 32.1. The monoisotopic (exact) mass is 457 g/mol. The Hall–Kier alpha value is -3.66. The fourth-order valence-electron chi connectivity index (χ4n) is 3.27. The molecule has 32 heavy (non-hydrogen) atoms. The molecule has 0 fully saturated rings. The van der Waals surface area contributed by atoms with E-state index in [1.807, 2.05) is 6.92 Å². The number of pyridine rings is 1. The Morgan fingerprint density at radius 3 is 2.81 bits per heavy atom. The summed E-state index contributed by atoms with van der Waals surface area (Å²) >= 11 is 1.40. The molecule has 0 unspecified atom stereocenters. The number of benzene rings is 1. The maximum atomic E-state index is 14.9. The largest absolute Gasteiger partial charge is 0.342 e. The van der Waals surface area contributed by atoms with E-state index >= 15 is 0 Å². The fourth-order valence-corrected chi connectivity index (χ4v) is 3.94. The van der Waals surface area contributed by atoms with E-state index in [2.05, 4.69) is 27.2 Å². The summed E-state index contributed by atoms with van der Waals surface area (Å²) in [6.45, 7) is 4.79. The van der Waals surface area contributed by atoms with Gasteiger partial charge in [-0.1, -0.05) is 6.58 Å². The Bertz CT molecular complexity index is 1310. The van der Waals surface area contributed by atoms with Crippen LogP contribution < -0.4 is 10.6 Å². The third kappa shape index (κ3) is 4.50. The number of alkyl halides is 2. The first-order valence-electron chi connectivity index (χ1n) is 9.55. The number of aromatic nitrogens is 3. The highest BCUT2D eigenvalue weighted by Crippen LogP contribution is 2.34. The number of thiazole rings is 1. The van der Waals surface area contributed by atoms with Gasteiger partial charge >= 0.3 is 0 Å². The molecule has 4 rings (SSSR count). The van der Waals surface area contributed by atoms with Crippen molar-refractivity contribution >= 4 is 44.8 Å². The first-order valence-corrected chi connectivity index (χ1v) is 10.4. The molecule has 0 bridgehead atoms. The molecule has 3 aromatic heterocycles. The van der Waals surface area contributed by atoms with Crippen LogP contribution in [0.2, 0.25) is 0 Å². The van der Waals surface area contributed by atoms with Crippen molar-refractivity contribution in [3.8, 4) is 11.3 Å². The maximum Gasteiger partial charge on any atom is 0.256 e. The lowest BCUT2D eigenvalue weighted by molar-refractivity contribution is -0.111. The maximum absolute atomic E-state index is 14.9. The summed E-state index contributed by atoms with van der Waals surface area (Å²) in [7, 11) is 0. The number of fused-ring (bicyclic) bond motifs is 1. The minimum atomic E-state index is -2.56. The molecule has 0 spiro atoms. The first kappa shape index (κ1) is 21.6. The van der Waals surface area contributed by atoms with Crippen LogP contribution in [0, 0.1) is 12.7 Å². The van der Waals surface area contributed by atoms with Crippen LogP contribution in [0.4, 0.5) is 29.8 Å². The highest BCUT2D eigenvalue weighted by Gasteiger charge is 2.18. The molecule has 1 aromatic carbocycles. The summed E-state index contributed by atoms with van der Waals surface area (Å²) < 4.78 is 42.5. The Morgan fingerprint density at radius 1 is 1.31 bits per heavy atom. The lowest BCUT2D eigenvalue weighted by Gasteiger charge is -2.12. The molecule has 164 valence electrons. The van der Waals surface area contributed by atoms with Gasteiger partial charge in [0.2, 0.25) is 5.91 Å². The number of hydrogen-bond donors (Lipinski definition) is 2. The quantitative estimate of drug-likeness (QED) is 0.347. The summed E-state index contributed by atoms with van der Waals surface area (Å²) in [6.07, 6.45) is 1.75. The van der Waals surface area contributed by atoms with E-state index in [0.717, 1.165) is 11.0 Å². The van der Waals surface area contributed by atoms with Gasteiger partial charge in [0.1, 0.15) is 11.6 Å². The predicted octanol–water partition coefficient (Wildman–Crippen LogP) is 5.74. The van der Waals surface area contributed by atoms with E-state index in [1.165, 1.54) is 40.3 Å². The number of halogens is 3. The second kappa shape index (κ2) is 8.83. The van der Waals surface area contributed by atoms with Crippen molar-refractivity contribution in [2.75, 3.05) is 10.6 Å². The Balaban J connectivity index is 1.87. The topological polar surface area (TPSA) is 71.8 Å². The zero-order chi connectivity index (χ0) is 22.8. The van der Waals surface area contributed by atoms with Gasteiger partial charge in [-0.05, 0) is 37.3 Å². The Kier molecular flexibility index (Phi) is 5.95. The van der Waals surface area contributed by atoms with Crippen molar-refractivity contribution < 1.29 is 18.0 Å². The normalized spacial score (nSPS) is 11.2. The van der Waals surface area contributed by atoms with Crippen molar-refractivity contribution in [1.82, 2.24) is 14.5 Å². The molecule has 10 heteroatoms. The number of nitrogens with one attached hydrogen (secondary N) is 2. The number of anilines is 3. The van der Waals surface area contributed by atoms with Gasteiger partial charge in [0.25, 0.3) is 6.43 Å². The van der Waals surface area contributed by atoms with Gasteiger partial charge in [0.15, 0.2) is 5.13 Å². The molecule has 3 heterocycles. The van der Waals surface area contributed by atoms with Crippen LogP contribution in [0.25, 0.3) is 22.2 Å². The minimum Gasteiger partial charge on any atom is -0.342 e. The molecule has 0 saturated carbocycles. The molecule has 0 radical (unpaired) electrons. The molecule has 1 amide bonds. The van der Waals surface area contributed by atoms with Gasteiger partial charge in [-0.2, -0.15) is 0 Å². The van der Waals surface area contributed by atoms with Crippen LogP contribution in [0.3, 0.4) is 0 Å². The predicted molar refractivity (Wildman–Crippen MR) is 120 cm³/mol. The molecule has 0 aliphatic heterocycles. The van der Waals surface area contributed by atoms with Gasteiger partial charge < -0.3 is 15.2 Å². The van der Waals surface area contributed by atoms with Crippen LogP contribution in [0.5, 0.6) is 0 Å². The fraction of sp³-hybridized carbons (Fsp3) is 0.136. The van der Waals surface area contributed by atoms with Crippen molar-refractivity contribution in [2.24, 2.45) is 0 Å². The SMILES string of the molecule is C=CC(=O)Nc1ccc(F)c(-c2nc(Nc3ncc(C)s3)cc3c2ccn3CC(F)F)c1. The third-order valence-electron chi connectivity index (χ3n) is 4.63. The molecular formula is C22H18F3N5OS. The number of carbonyl (C=O) groups is 1. The van der Waals surface area contributed by atoms with Crippen LogP contribution >= 0.6 is 11.3 Å². The average molecular weight is 457 g/mol. The zero-order valence-corrected chi connectivity index (χ0v) is 17.7. The third-order valence-corrected chi connectivity index (χ3v) is 5.46. The summed E-state index contributed by atoms with van der Waals surface area (Å²) in [5, 5.41) is 6.72. The van der Waals surface area contributed by atoms with Crippen molar-refractivity contribution in [3.63, 3.8) is 0 Å². The van der Waals surface area contributed by atoms with E-state index in [0.29, 0.717) is 27.5 Å². The van der Waals surface area contributed by atoms with E-state index in [9.17, 15) is 18.0 Å². The second-order valence-corrected chi connectivity index (χ2v) is 8.17. The molecule has 4 aromatic rings. The summed E-state index contributed by atoms with van der Waals surface area (Å²) in [6, 6.07) is 7.31. The zero-order valence-electron chi connectivity index (χ0n) is 16.9. The molecular weight excluding hydrogens is 439 g/mol. The lowest BCUT2D eigenvalue weighted by Crippen LogP contribution is -2.08. The van der Waals surface area contributed by atoms with Crippen molar-refractivity contribution in [2.45, 2.75) is 19.9 Å². The molecule has 0 saturated heterocycles. The van der Waals surface area contributed by atoms with Gasteiger partial charge in [0.05, 0.1) is 17.8 Å². The first-order chi connectivity index (χ1) is 15.3. The van der Waals surface area contributed by atoms with Crippen LogP contribution in [0.1, 0.15) is 4.88 Å². The van der Waals surface area contributed by atoms with Gasteiger partial charge in [-0.3, -0.25) is 4.79 Å². The van der Waals surface area contributed by atoms with Crippen molar-refractivity contribution in [1.29, 1.82) is 0 Å². The number of nitrogens with zero attached hydrogens (tertiary/aromatic N) is 3. The molecule has 0 aliphatic carbocycles. The molecule has 0 atom stereocenters. The average Bonchev–Trinajstić information content (AvgIpc) is 3.34. The second-order valence-electron chi connectivity index (χ2n) is 6.94. The Labute approximate surface area is 185 Å². The summed E-state index contributed by atoms with van der Waals surface area (Å²) in [4.78, 5) is 21.4. The molecule has 2 N–H and O–H groups in total.